The average molecular weight is 270 g/mol. The van der Waals surface area contributed by atoms with Crippen LogP contribution in [0.5, 0.6) is 0 Å². The van der Waals surface area contributed by atoms with Gasteiger partial charge < -0.3 is 0 Å². The normalized spacial score (nSPS) is 9.82. The molecule has 6 heteroatoms. The lowest BCUT2D eigenvalue weighted by atomic mass is 10.6. The van der Waals surface area contributed by atoms with Crippen LogP contribution in [0.15, 0.2) is 0 Å². The van der Waals surface area contributed by atoms with E-state index in [9.17, 15) is 0 Å². The predicted octanol–water partition coefficient (Wildman–Crippen LogP) is 4.33. The molecule has 0 aromatic heterocycles. The quantitative estimate of drug-likeness (QED) is 0.528. The van der Waals surface area contributed by atoms with Gasteiger partial charge in [0, 0.05) is 0 Å². The molecule has 0 bridgehead atoms. The molecule has 0 fully saturated rings. The third-order valence-electron chi connectivity index (χ3n) is 0.706. The maximum Gasteiger partial charge on any atom is 0.273 e. The van der Waals surface area contributed by atoms with Crippen LogP contribution >= 0.6 is 44.3 Å². The van der Waals surface area contributed by atoms with Gasteiger partial charge in [0.25, 0.3) is 14.8 Å². The maximum atomic E-state index is 5.45. The van der Waals surface area contributed by atoms with Gasteiger partial charge in [0.1, 0.15) is 0 Å². The molecule has 0 amide bonds. The molecule has 0 aliphatic heterocycles. The SMILES string of the molecule is CCC[Si](Cl)Cl.CC[Si](Cl)Cl. The van der Waals surface area contributed by atoms with E-state index in [1.807, 2.05) is 6.92 Å². The topological polar surface area (TPSA) is 0 Å². The van der Waals surface area contributed by atoms with Gasteiger partial charge in [-0.2, -0.15) is 0 Å². The Hall–Kier alpha value is 1.59. The Bertz CT molecular complexity index is 69.5. The largest absolute Gasteiger partial charge is 0.273 e. The van der Waals surface area contributed by atoms with Crippen molar-refractivity contribution in [1.29, 1.82) is 0 Å². The third kappa shape index (κ3) is 24.5. The second-order valence-corrected chi connectivity index (χ2v) is 11.0. The summed E-state index contributed by atoms with van der Waals surface area (Å²) in [6.07, 6.45) is 1.11. The summed E-state index contributed by atoms with van der Waals surface area (Å²) in [5, 5.41) is 0. The number of rotatable bonds is 3. The lowest BCUT2D eigenvalue weighted by molar-refractivity contribution is 1.08. The van der Waals surface area contributed by atoms with Crippen molar-refractivity contribution in [3.8, 4) is 0 Å². The molecule has 0 saturated carbocycles. The number of hydrogen-bond donors (Lipinski definition) is 0. The molecule has 0 rings (SSSR count). The van der Waals surface area contributed by atoms with E-state index in [4.69, 9.17) is 44.3 Å². The average Bonchev–Trinajstić information content (AvgIpc) is 1.89. The third-order valence-corrected chi connectivity index (χ3v) is 4.86. The highest BCUT2D eigenvalue weighted by Crippen LogP contribution is 2.04. The van der Waals surface area contributed by atoms with Gasteiger partial charge in [0.05, 0.1) is 0 Å². The maximum absolute atomic E-state index is 5.45. The molecule has 2 radical (unpaired) electrons. The van der Waals surface area contributed by atoms with E-state index in [1.165, 1.54) is 0 Å². The van der Waals surface area contributed by atoms with Crippen molar-refractivity contribution in [1.82, 2.24) is 0 Å². The van der Waals surface area contributed by atoms with E-state index in [-0.39, 0.29) is 0 Å². The van der Waals surface area contributed by atoms with Crippen molar-refractivity contribution in [3.63, 3.8) is 0 Å². The molecular weight excluding hydrogens is 258 g/mol. The van der Waals surface area contributed by atoms with Gasteiger partial charge >= 0.3 is 0 Å². The van der Waals surface area contributed by atoms with Crippen molar-refractivity contribution in [2.45, 2.75) is 32.4 Å². The molecule has 0 aromatic rings. The zero-order valence-corrected chi connectivity index (χ0v) is 11.7. The van der Waals surface area contributed by atoms with E-state index in [2.05, 4.69) is 6.92 Å². The fourth-order valence-corrected chi connectivity index (χ4v) is 1.70. The molecule has 0 atom stereocenters. The number of halogens is 4. The lowest BCUT2D eigenvalue weighted by Gasteiger charge is -1.86. The molecule has 0 nitrogen and oxygen atoms in total. The molecule has 0 aliphatic carbocycles. The van der Waals surface area contributed by atoms with Crippen LogP contribution in [0.3, 0.4) is 0 Å². The Kier molecular flexibility index (Phi) is 15.9. The molecule has 0 heterocycles. The molecule has 0 aliphatic rings. The van der Waals surface area contributed by atoms with Crippen molar-refractivity contribution in [3.05, 3.63) is 0 Å². The second kappa shape index (κ2) is 11.6. The smallest absolute Gasteiger partial charge is 0.147 e. The van der Waals surface area contributed by atoms with Crippen molar-refractivity contribution >= 4 is 59.1 Å². The van der Waals surface area contributed by atoms with Crippen LogP contribution in [0.1, 0.15) is 20.3 Å². The summed E-state index contributed by atoms with van der Waals surface area (Å²) in [6, 6.07) is 1.95. The summed E-state index contributed by atoms with van der Waals surface area (Å²) < 4.78 is 0. The van der Waals surface area contributed by atoms with Gasteiger partial charge in [-0.3, -0.25) is 0 Å². The highest BCUT2D eigenvalue weighted by atomic mass is 35.7. The van der Waals surface area contributed by atoms with E-state index >= 15 is 0 Å². The Morgan fingerprint density at radius 3 is 1.27 bits per heavy atom. The number of hydrogen-bond acceptors (Lipinski definition) is 0. The first kappa shape index (κ1) is 15.1. The lowest BCUT2D eigenvalue weighted by Crippen LogP contribution is -1.87. The van der Waals surface area contributed by atoms with Crippen molar-refractivity contribution < 1.29 is 0 Å². The van der Waals surface area contributed by atoms with Gasteiger partial charge in [-0.1, -0.05) is 20.3 Å². The van der Waals surface area contributed by atoms with E-state index < -0.39 is 14.8 Å². The monoisotopic (exact) mass is 268 g/mol. The van der Waals surface area contributed by atoms with Crippen LogP contribution in [0.2, 0.25) is 12.1 Å². The minimum absolute atomic E-state index is 0.930. The zero-order chi connectivity index (χ0) is 9.28. The predicted molar refractivity (Wildman–Crippen MR) is 60.5 cm³/mol. The van der Waals surface area contributed by atoms with Crippen LogP contribution in [0, 0.1) is 0 Å². The van der Waals surface area contributed by atoms with E-state index in [1.54, 1.807) is 0 Å². The first-order valence-corrected chi connectivity index (χ1v) is 10.8. The van der Waals surface area contributed by atoms with Gasteiger partial charge in [-0.25, -0.2) is 0 Å². The fraction of sp³-hybridized carbons (Fsp3) is 1.00. The highest BCUT2D eigenvalue weighted by molar-refractivity contribution is 7.34. The van der Waals surface area contributed by atoms with Crippen molar-refractivity contribution in [2.75, 3.05) is 0 Å². The molecule has 11 heavy (non-hydrogen) atoms. The highest BCUT2D eigenvalue weighted by Gasteiger charge is 1.97. The first-order chi connectivity index (χ1) is 5.04. The van der Waals surface area contributed by atoms with Gasteiger partial charge in [0.15, 0.2) is 0 Å². The fourth-order valence-electron chi connectivity index (χ4n) is 0.189. The Morgan fingerprint density at radius 1 is 0.909 bits per heavy atom. The van der Waals surface area contributed by atoms with Crippen molar-refractivity contribution in [2.24, 2.45) is 0 Å². The van der Waals surface area contributed by atoms with Crippen LogP contribution in [-0.4, -0.2) is 14.8 Å². The summed E-state index contributed by atoms with van der Waals surface area (Å²) >= 11 is 21.5. The minimum Gasteiger partial charge on any atom is -0.147 e. The van der Waals surface area contributed by atoms with E-state index in [0.717, 1.165) is 18.5 Å². The van der Waals surface area contributed by atoms with Crippen LogP contribution in [0.4, 0.5) is 0 Å². The van der Waals surface area contributed by atoms with Gasteiger partial charge in [-0.15, -0.1) is 44.3 Å². The molecule has 0 spiro atoms. The minimum atomic E-state index is -0.941. The van der Waals surface area contributed by atoms with E-state index in [0.29, 0.717) is 0 Å². The summed E-state index contributed by atoms with van der Waals surface area (Å²) in [6.45, 7) is 4.06. The summed E-state index contributed by atoms with van der Waals surface area (Å²) in [5.74, 6) is 0. The Balaban J connectivity index is 0. The Morgan fingerprint density at radius 2 is 1.27 bits per heavy atom. The van der Waals surface area contributed by atoms with Gasteiger partial charge in [0.2, 0.25) is 0 Å². The van der Waals surface area contributed by atoms with Crippen LogP contribution in [-0.2, 0) is 0 Å². The molecule has 0 aromatic carbocycles. The summed E-state index contributed by atoms with van der Waals surface area (Å²) in [5.41, 5.74) is 0. The summed E-state index contributed by atoms with van der Waals surface area (Å²) in [4.78, 5) is 0. The molecule has 68 valence electrons. The molecule has 0 saturated heterocycles. The van der Waals surface area contributed by atoms with Crippen LogP contribution < -0.4 is 0 Å². The summed E-state index contributed by atoms with van der Waals surface area (Å²) in [7, 11) is -1.87. The molecular formula is C5H12Cl4Si2. The zero-order valence-electron chi connectivity index (χ0n) is 6.63. The first-order valence-electron chi connectivity index (χ1n) is 3.38. The molecule has 0 N–H and O–H groups in total. The standard InChI is InChI=1S/C3H7Cl2Si.C2H5Cl2Si/c1-2-3-6(4)5;1-2-5(3)4/h2-3H2,1H3;2H2,1H3. The molecule has 0 unspecified atom stereocenters. The van der Waals surface area contributed by atoms with Crippen LogP contribution in [0.25, 0.3) is 0 Å². The Labute approximate surface area is 91.2 Å². The second-order valence-electron chi connectivity index (χ2n) is 1.78. The van der Waals surface area contributed by atoms with Gasteiger partial charge in [-0.05, 0) is 12.1 Å².